The van der Waals surface area contributed by atoms with E-state index in [1.54, 1.807) is 13.8 Å². The van der Waals surface area contributed by atoms with Gasteiger partial charge in [0.05, 0.1) is 33.4 Å². The van der Waals surface area contributed by atoms with Crippen LogP contribution in [0.3, 0.4) is 0 Å². The fourth-order valence-electron chi connectivity index (χ4n) is 1.28. The Hall–Kier alpha value is -1.63. The van der Waals surface area contributed by atoms with Crippen LogP contribution in [0.4, 0.5) is 0 Å². The van der Waals surface area contributed by atoms with E-state index in [4.69, 9.17) is 0 Å². The van der Waals surface area contributed by atoms with Crippen LogP contribution in [0, 0.1) is 0 Å². The summed E-state index contributed by atoms with van der Waals surface area (Å²) in [5.74, 6) is -1.30. The Labute approximate surface area is 106 Å². The highest BCUT2D eigenvalue weighted by molar-refractivity contribution is 5.83. The Balaban J connectivity index is 4.67. The highest BCUT2D eigenvalue weighted by Gasteiger charge is 2.25. The van der Waals surface area contributed by atoms with Gasteiger partial charge in [0, 0.05) is 6.54 Å². The summed E-state index contributed by atoms with van der Waals surface area (Å²) in [6.45, 7) is 3.58. The number of nitrogens with zero attached hydrogens (tertiary/aromatic N) is 1. The van der Waals surface area contributed by atoms with Crippen molar-refractivity contribution in [1.29, 1.82) is 0 Å². The van der Waals surface area contributed by atoms with Crippen LogP contribution in [-0.4, -0.2) is 62.6 Å². The Morgan fingerprint density at radius 3 is 1.89 bits per heavy atom. The smallest absolute Gasteiger partial charge is 0.319 e. The van der Waals surface area contributed by atoms with Crippen molar-refractivity contribution in [3.63, 3.8) is 0 Å². The van der Waals surface area contributed by atoms with Gasteiger partial charge in [-0.05, 0) is 13.8 Å². The first kappa shape index (κ1) is 16.4. The van der Waals surface area contributed by atoms with Crippen LogP contribution in [-0.2, 0) is 23.9 Å². The summed E-state index contributed by atoms with van der Waals surface area (Å²) in [7, 11) is 2.49. The molecule has 1 amide bonds. The van der Waals surface area contributed by atoms with Crippen LogP contribution in [0.15, 0.2) is 0 Å². The first-order valence-corrected chi connectivity index (χ1v) is 5.61. The van der Waals surface area contributed by atoms with Gasteiger partial charge in [-0.25, -0.2) is 0 Å². The van der Waals surface area contributed by atoms with Gasteiger partial charge in [-0.3, -0.25) is 19.3 Å². The Kier molecular flexibility index (Phi) is 7.69. The van der Waals surface area contributed by atoms with Gasteiger partial charge >= 0.3 is 11.9 Å². The van der Waals surface area contributed by atoms with Crippen LogP contribution in [0.1, 0.15) is 13.8 Å². The second-order valence-electron chi connectivity index (χ2n) is 3.63. The molecular weight excluding hydrogens is 240 g/mol. The molecule has 0 fully saturated rings. The third kappa shape index (κ3) is 5.62. The molecule has 0 rings (SSSR count). The lowest BCUT2D eigenvalue weighted by molar-refractivity contribution is -0.147. The van der Waals surface area contributed by atoms with Crippen molar-refractivity contribution in [3.05, 3.63) is 0 Å². The SMILES string of the molecule is CCNC(=O)C(C)N(CC(=O)OC)CC(=O)OC. The van der Waals surface area contributed by atoms with Gasteiger partial charge in [-0.2, -0.15) is 0 Å². The standard InChI is InChI=1S/C11H20N2O5/c1-5-12-11(16)8(2)13(6-9(14)17-3)7-10(15)18-4/h8H,5-7H2,1-4H3,(H,12,16). The second-order valence-corrected chi connectivity index (χ2v) is 3.63. The molecule has 7 heteroatoms. The van der Waals surface area contributed by atoms with E-state index in [1.807, 2.05) is 0 Å². The number of rotatable bonds is 7. The average molecular weight is 260 g/mol. The van der Waals surface area contributed by atoms with E-state index in [9.17, 15) is 14.4 Å². The lowest BCUT2D eigenvalue weighted by Crippen LogP contribution is -2.49. The van der Waals surface area contributed by atoms with Crippen molar-refractivity contribution in [3.8, 4) is 0 Å². The Morgan fingerprint density at radius 1 is 1.11 bits per heavy atom. The van der Waals surface area contributed by atoms with E-state index < -0.39 is 18.0 Å². The summed E-state index contributed by atoms with van der Waals surface area (Å²) in [5, 5.41) is 2.62. The van der Waals surface area contributed by atoms with E-state index in [2.05, 4.69) is 14.8 Å². The number of likely N-dealkylation sites (N-methyl/N-ethyl adjacent to an activating group) is 1. The summed E-state index contributed by atoms with van der Waals surface area (Å²) in [4.78, 5) is 35.5. The van der Waals surface area contributed by atoms with Gasteiger partial charge in [0.15, 0.2) is 0 Å². The molecule has 104 valence electrons. The predicted octanol–water partition coefficient (Wildman–Crippen LogP) is -0.841. The normalized spacial score (nSPS) is 11.8. The zero-order valence-electron chi connectivity index (χ0n) is 11.2. The van der Waals surface area contributed by atoms with Crippen LogP contribution >= 0.6 is 0 Å². The molecule has 1 atom stereocenters. The topological polar surface area (TPSA) is 84.9 Å². The highest BCUT2D eigenvalue weighted by Crippen LogP contribution is 2.01. The molecule has 0 spiro atoms. The number of hydrogen-bond donors (Lipinski definition) is 1. The molecule has 0 aromatic heterocycles. The summed E-state index contributed by atoms with van der Waals surface area (Å²) < 4.78 is 9.04. The molecule has 0 bridgehead atoms. The average Bonchev–Trinajstić information content (AvgIpc) is 2.36. The van der Waals surface area contributed by atoms with E-state index in [0.29, 0.717) is 6.54 Å². The van der Waals surface area contributed by atoms with Crippen LogP contribution in [0.25, 0.3) is 0 Å². The van der Waals surface area contributed by atoms with Crippen molar-refractivity contribution >= 4 is 17.8 Å². The van der Waals surface area contributed by atoms with Gasteiger partial charge in [-0.15, -0.1) is 0 Å². The second kappa shape index (κ2) is 8.46. The maximum absolute atomic E-state index is 11.7. The minimum absolute atomic E-state index is 0.149. The molecule has 0 aliphatic carbocycles. The van der Waals surface area contributed by atoms with Gasteiger partial charge in [0.25, 0.3) is 0 Å². The molecule has 1 N–H and O–H groups in total. The van der Waals surface area contributed by atoms with E-state index >= 15 is 0 Å². The Morgan fingerprint density at radius 2 is 1.56 bits per heavy atom. The van der Waals surface area contributed by atoms with E-state index in [0.717, 1.165) is 0 Å². The Bertz CT molecular complexity index is 288. The van der Waals surface area contributed by atoms with Gasteiger partial charge in [0.2, 0.25) is 5.91 Å². The zero-order valence-corrected chi connectivity index (χ0v) is 11.2. The molecule has 0 saturated carbocycles. The fraction of sp³-hybridized carbons (Fsp3) is 0.727. The zero-order chi connectivity index (χ0) is 14.1. The molecule has 0 heterocycles. The number of ether oxygens (including phenoxy) is 2. The van der Waals surface area contributed by atoms with Crippen molar-refractivity contribution in [2.75, 3.05) is 33.9 Å². The predicted molar refractivity (Wildman–Crippen MR) is 63.8 cm³/mol. The lowest BCUT2D eigenvalue weighted by Gasteiger charge is -2.25. The quantitative estimate of drug-likeness (QED) is 0.601. The van der Waals surface area contributed by atoms with Gasteiger partial charge in [-0.1, -0.05) is 0 Å². The third-order valence-corrected chi connectivity index (χ3v) is 2.40. The molecule has 0 aliphatic rings. The number of carbonyl (C=O) groups excluding carboxylic acids is 3. The molecule has 0 aromatic carbocycles. The summed E-state index contributed by atoms with van der Waals surface area (Å²) in [6, 6.07) is -0.622. The molecule has 0 aliphatic heterocycles. The lowest BCUT2D eigenvalue weighted by atomic mass is 10.2. The highest BCUT2D eigenvalue weighted by atomic mass is 16.5. The van der Waals surface area contributed by atoms with Crippen molar-refractivity contribution in [2.45, 2.75) is 19.9 Å². The molecular formula is C11H20N2O5. The van der Waals surface area contributed by atoms with Crippen molar-refractivity contribution in [2.24, 2.45) is 0 Å². The molecule has 0 saturated heterocycles. The maximum atomic E-state index is 11.7. The molecule has 1 unspecified atom stereocenters. The van der Waals surface area contributed by atoms with Gasteiger partial charge in [0.1, 0.15) is 0 Å². The number of hydrogen-bond acceptors (Lipinski definition) is 6. The number of carbonyl (C=O) groups is 3. The maximum Gasteiger partial charge on any atom is 0.319 e. The largest absolute Gasteiger partial charge is 0.468 e. The number of amides is 1. The van der Waals surface area contributed by atoms with Crippen LogP contribution in [0.2, 0.25) is 0 Å². The summed E-state index contributed by atoms with van der Waals surface area (Å²) in [5.41, 5.74) is 0. The third-order valence-electron chi connectivity index (χ3n) is 2.40. The first-order valence-electron chi connectivity index (χ1n) is 5.61. The van der Waals surface area contributed by atoms with E-state index in [-0.39, 0.29) is 19.0 Å². The number of nitrogens with one attached hydrogen (secondary N) is 1. The fourth-order valence-corrected chi connectivity index (χ4v) is 1.28. The van der Waals surface area contributed by atoms with Crippen LogP contribution < -0.4 is 5.32 Å². The minimum Gasteiger partial charge on any atom is -0.468 e. The summed E-state index contributed by atoms with van der Waals surface area (Å²) >= 11 is 0. The van der Waals surface area contributed by atoms with Crippen LogP contribution in [0.5, 0.6) is 0 Å². The summed E-state index contributed by atoms with van der Waals surface area (Å²) in [6.07, 6.45) is 0. The number of esters is 2. The van der Waals surface area contributed by atoms with Gasteiger partial charge < -0.3 is 14.8 Å². The molecule has 0 radical (unpaired) electrons. The molecule has 7 nitrogen and oxygen atoms in total. The first-order chi connectivity index (χ1) is 8.46. The molecule has 0 aromatic rings. The number of methoxy groups -OCH3 is 2. The van der Waals surface area contributed by atoms with E-state index in [1.165, 1.54) is 19.1 Å². The monoisotopic (exact) mass is 260 g/mol. The minimum atomic E-state index is -0.622. The molecule has 18 heavy (non-hydrogen) atoms. The van der Waals surface area contributed by atoms with Crippen molar-refractivity contribution < 1.29 is 23.9 Å². The van der Waals surface area contributed by atoms with Crippen molar-refractivity contribution in [1.82, 2.24) is 10.2 Å².